The van der Waals surface area contributed by atoms with Gasteiger partial charge in [0.05, 0.1) is 12.2 Å². The number of amides is 2. The van der Waals surface area contributed by atoms with Gasteiger partial charge in [-0.15, -0.1) is 11.8 Å². The van der Waals surface area contributed by atoms with Gasteiger partial charge in [-0.1, -0.05) is 36.4 Å². The summed E-state index contributed by atoms with van der Waals surface area (Å²) in [5, 5.41) is 2.86. The van der Waals surface area contributed by atoms with E-state index in [1.165, 1.54) is 4.90 Å². The smallest absolute Gasteiger partial charge is 0.254 e. The van der Waals surface area contributed by atoms with Crippen LogP contribution in [0.4, 0.5) is 5.69 Å². The zero-order valence-electron chi connectivity index (χ0n) is 16.3. The molecule has 148 valence electrons. The van der Waals surface area contributed by atoms with Crippen LogP contribution in [0.5, 0.6) is 11.5 Å². The molecule has 5 nitrogen and oxygen atoms in total. The average molecular weight is 407 g/mol. The topological polar surface area (TPSA) is 58.6 Å². The fraction of sp³-hybridized carbons (Fsp3) is 0.130. The Kier molecular flexibility index (Phi) is 6.92. The van der Waals surface area contributed by atoms with Crippen LogP contribution in [0.3, 0.4) is 0 Å². The molecule has 0 saturated carbocycles. The quantitative estimate of drug-likeness (QED) is 0.566. The molecule has 0 aromatic heterocycles. The fourth-order valence-electron chi connectivity index (χ4n) is 2.76. The van der Waals surface area contributed by atoms with E-state index in [2.05, 4.69) is 5.32 Å². The van der Waals surface area contributed by atoms with E-state index in [4.69, 9.17) is 4.74 Å². The maximum Gasteiger partial charge on any atom is 0.254 e. The summed E-state index contributed by atoms with van der Waals surface area (Å²) in [5.74, 6) is 0.752. The number of benzene rings is 3. The van der Waals surface area contributed by atoms with Gasteiger partial charge in [0, 0.05) is 17.5 Å². The molecule has 3 aromatic carbocycles. The summed E-state index contributed by atoms with van der Waals surface area (Å²) >= 11 is 1.55. The number of para-hydroxylation sites is 2. The van der Waals surface area contributed by atoms with Gasteiger partial charge in [-0.3, -0.25) is 9.59 Å². The third kappa shape index (κ3) is 5.62. The van der Waals surface area contributed by atoms with Crippen molar-refractivity contribution in [3.8, 4) is 11.5 Å². The number of carbonyl (C=O) groups is 2. The highest BCUT2D eigenvalue weighted by molar-refractivity contribution is 7.98. The summed E-state index contributed by atoms with van der Waals surface area (Å²) in [7, 11) is 1.60. The Labute approximate surface area is 174 Å². The molecule has 0 aliphatic rings. The number of nitrogens with zero attached hydrogens (tertiary/aromatic N) is 1. The van der Waals surface area contributed by atoms with Crippen molar-refractivity contribution < 1.29 is 14.3 Å². The van der Waals surface area contributed by atoms with Gasteiger partial charge in [0.1, 0.15) is 11.5 Å². The molecule has 0 spiro atoms. The highest BCUT2D eigenvalue weighted by atomic mass is 32.2. The van der Waals surface area contributed by atoms with Gasteiger partial charge in [0.2, 0.25) is 5.91 Å². The maximum atomic E-state index is 12.7. The Hall–Kier alpha value is -3.25. The van der Waals surface area contributed by atoms with Crippen molar-refractivity contribution in [1.82, 2.24) is 4.90 Å². The molecule has 0 aliphatic carbocycles. The molecule has 0 bridgehead atoms. The monoisotopic (exact) mass is 406 g/mol. The van der Waals surface area contributed by atoms with Gasteiger partial charge in [0.15, 0.2) is 0 Å². The van der Waals surface area contributed by atoms with Crippen LogP contribution in [-0.4, -0.2) is 36.6 Å². The van der Waals surface area contributed by atoms with Crippen LogP contribution in [-0.2, 0) is 4.79 Å². The van der Waals surface area contributed by atoms with Crippen LogP contribution >= 0.6 is 11.8 Å². The van der Waals surface area contributed by atoms with Crippen molar-refractivity contribution in [1.29, 1.82) is 0 Å². The van der Waals surface area contributed by atoms with Crippen LogP contribution in [0.15, 0.2) is 83.8 Å². The van der Waals surface area contributed by atoms with Crippen molar-refractivity contribution in [3.05, 3.63) is 84.4 Å². The second-order valence-electron chi connectivity index (χ2n) is 6.35. The normalized spacial score (nSPS) is 10.3. The van der Waals surface area contributed by atoms with Crippen LogP contribution < -0.4 is 10.1 Å². The van der Waals surface area contributed by atoms with E-state index in [1.807, 2.05) is 60.9 Å². The van der Waals surface area contributed by atoms with E-state index < -0.39 is 0 Å². The predicted octanol–water partition coefficient (Wildman–Crippen LogP) is 4.91. The van der Waals surface area contributed by atoms with Crippen molar-refractivity contribution in [2.75, 3.05) is 25.2 Å². The number of rotatable bonds is 7. The lowest BCUT2D eigenvalue weighted by Gasteiger charge is -2.18. The molecule has 6 heteroatoms. The molecule has 1 N–H and O–H groups in total. The second-order valence-corrected chi connectivity index (χ2v) is 7.20. The molecule has 3 aromatic rings. The van der Waals surface area contributed by atoms with Crippen molar-refractivity contribution in [3.63, 3.8) is 0 Å². The summed E-state index contributed by atoms with van der Waals surface area (Å²) < 4.78 is 5.78. The first-order chi connectivity index (χ1) is 14.1. The van der Waals surface area contributed by atoms with Gasteiger partial charge >= 0.3 is 0 Å². The summed E-state index contributed by atoms with van der Waals surface area (Å²) in [5.41, 5.74) is 1.20. The molecule has 2 amide bonds. The van der Waals surface area contributed by atoms with Gasteiger partial charge in [0.25, 0.3) is 5.91 Å². The molecule has 0 saturated heterocycles. The number of thioether (sulfide) groups is 1. The van der Waals surface area contributed by atoms with E-state index in [0.29, 0.717) is 17.1 Å². The fourth-order valence-corrected chi connectivity index (χ4v) is 3.32. The molecule has 0 fully saturated rings. The highest BCUT2D eigenvalue weighted by Gasteiger charge is 2.16. The Bertz CT molecular complexity index is 992. The first kappa shape index (κ1) is 20.5. The highest BCUT2D eigenvalue weighted by Crippen LogP contribution is 2.25. The van der Waals surface area contributed by atoms with Crippen molar-refractivity contribution >= 4 is 29.3 Å². The van der Waals surface area contributed by atoms with E-state index in [-0.39, 0.29) is 18.4 Å². The maximum absolute atomic E-state index is 12.7. The Balaban J connectivity index is 1.64. The Morgan fingerprint density at radius 1 is 0.931 bits per heavy atom. The van der Waals surface area contributed by atoms with Gasteiger partial charge < -0.3 is 15.0 Å². The summed E-state index contributed by atoms with van der Waals surface area (Å²) in [6.07, 6.45) is 1.95. The van der Waals surface area contributed by atoms with Crippen LogP contribution in [0.2, 0.25) is 0 Å². The Morgan fingerprint density at radius 3 is 2.38 bits per heavy atom. The SMILES string of the molecule is CSc1ccccc1NC(=O)CN(C)C(=O)c1cccc(Oc2ccccc2)c1. The molecule has 0 radical (unpaired) electrons. The van der Waals surface area contributed by atoms with E-state index in [9.17, 15) is 9.59 Å². The molecular formula is C23H22N2O3S. The first-order valence-corrected chi connectivity index (χ1v) is 10.3. The largest absolute Gasteiger partial charge is 0.457 e. The molecule has 0 heterocycles. The number of nitrogens with one attached hydrogen (secondary N) is 1. The molecule has 3 rings (SSSR count). The van der Waals surface area contributed by atoms with Gasteiger partial charge in [-0.05, 0) is 48.7 Å². The van der Waals surface area contributed by atoms with Crippen LogP contribution in [0, 0.1) is 0 Å². The van der Waals surface area contributed by atoms with Gasteiger partial charge in [-0.25, -0.2) is 0 Å². The zero-order valence-corrected chi connectivity index (χ0v) is 17.1. The molecule has 0 atom stereocenters. The lowest BCUT2D eigenvalue weighted by Crippen LogP contribution is -2.35. The number of hydrogen-bond donors (Lipinski definition) is 1. The summed E-state index contributed by atoms with van der Waals surface area (Å²) in [6, 6.07) is 23.8. The number of hydrogen-bond acceptors (Lipinski definition) is 4. The molecular weight excluding hydrogens is 384 g/mol. The predicted molar refractivity (Wildman–Crippen MR) is 117 cm³/mol. The van der Waals surface area contributed by atoms with Crippen molar-refractivity contribution in [2.24, 2.45) is 0 Å². The van der Waals surface area contributed by atoms with Crippen molar-refractivity contribution in [2.45, 2.75) is 4.90 Å². The van der Waals surface area contributed by atoms with E-state index in [0.717, 1.165) is 10.6 Å². The number of ether oxygens (including phenoxy) is 1. The number of likely N-dealkylation sites (N-methyl/N-ethyl adjacent to an activating group) is 1. The number of carbonyl (C=O) groups excluding carboxylic acids is 2. The van der Waals surface area contributed by atoms with Crippen LogP contribution in [0.25, 0.3) is 0 Å². The number of anilines is 1. The molecule has 0 unspecified atom stereocenters. The van der Waals surface area contributed by atoms with E-state index in [1.54, 1.807) is 43.1 Å². The minimum absolute atomic E-state index is 0.0503. The molecule has 0 aliphatic heterocycles. The minimum atomic E-state index is -0.253. The Morgan fingerprint density at radius 2 is 1.62 bits per heavy atom. The average Bonchev–Trinajstić information content (AvgIpc) is 2.74. The summed E-state index contributed by atoms with van der Waals surface area (Å²) in [6.45, 7) is -0.0503. The molecule has 29 heavy (non-hydrogen) atoms. The third-order valence-corrected chi connectivity index (χ3v) is 4.96. The third-order valence-electron chi connectivity index (χ3n) is 4.17. The van der Waals surface area contributed by atoms with E-state index >= 15 is 0 Å². The first-order valence-electron chi connectivity index (χ1n) is 9.08. The second kappa shape index (κ2) is 9.80. The zero-order chi connectivity index (χ0) is 20.6. The van der Waals surface area contributed by atoms with Gasteiger partial charge in [-0.2, -0.15) is 0 Å². The standard InChI is InChI=1S/C23H22N2O3S/c1-25(16-22(26)24-20-13-6-7-14-21(20)29-2)23(27)17-9-8-12-19(15-17)28-18-10-4-3-5-11-18/h3-15H,16H2,1-2H3,(H,24,26). The lowest BCUT2D eigenvalue weighted by atomic mass is 10.2. The minimum Gasteiger partial charge on any atom is -0.457 e. The van der Waals surface area contributed by atoms with Crippen LogP contribution in [0.1, 0.15) is 10.4 Å². The lowest BCUT2D eigenvalue weighted by molar-refractivity contribution is -0.116. The summed E-state index contributed by atoms with van der Waals surface area (Å²) in [4.78, 5) is 27.5.